The molecule has 0 radical (unpaired) electrons. The van der Waals surface area contributed by atoms with E-state index in [1.165, 1.54) is 11.1 Å². The molecule has 0 spiro atoms. The maximum Gasteiger partial charge on any atom is 0.326 e. The van der Waals surface area contributed by atoms with E-state index in [1.807, 2.05) is 24.4 Å². The minimum absolute atomic E-state index is 0.267. The molecule has 2 heterocycles. The molecule has 0 atom stereocenters. The molecule has 1 aliphatic heterocycles. The summed E-state index contributed by atoms with van der Waals surface area (Å²) in [7, 11) is 0. The van der Waals surface area contributed by atoms with Crippen molar-refractivity contribution in [1.29, 1.82) is 0 Å². The van der Waals surface area contributed by atoms with Gasteiger partial charge in [-0.2, -0.15) is 0 Å². The van der Waals surface area contributed by atoms with Crippen LogP contribution in [0.3, 0.4) is 0 Å². The van der Waals surface area contributed by atoms with E-state index < -0.39 is 11.9 Å². The summed E-state index contributed by atoms with van der Waals surface area (Å²) in [5.41, 5.74) is 4.69. The van der Waals surface area contributed by atoms with Crippen molar-refractivity contribution in [2.45, 2.75) is 13.5 Å². The van der Waals surface area contributed by atoms with Gasteiger partial charge in [0.15, 0.2) is 0 Å². The summed E-state index contributed by atoms with van der Waals surface area (Å²) < 4.78 is 2.15. The summed E-state index contributed by atoms with van der Waals surface area (Å²) in [6, 6.07) is 16.0. The molecule has 3 aromatic rings. The zero-order chi connectivity index (χ0) is 17.4. The number of hydrogen-bond donors (Lipinski definition) is 2. The Labute approximate surface area is 145 Å². The zero-order valence-corrected chi connectivity index (χ0v) is 13.7. The quantitative estimate of drug-likeness (QED) is 0.572. The third-order valence-corrected chi connectivity index (χ3v) is 4.31. The van der Waals surface area contributed by atoms with Crippen LogP contribution < -0.4 is 10.6 Å². The van der Waals surface area contributed by atoms with Crippen molar-refractivity contribution in [3.8, 4) is 0 Å². The Morgan fingerprint density at radius 2 is 1.76 bits per heavy atom. The van der Waals surface area contributed by atoms with E-state index in [2.05, 4.69) is 52.5 Å². The lowest BCUT2D eigenvalue weighted by Gasteiger charge is -2.06. The average molecular weight is 331 g/mol. The highest BCUT2D eigenvalue weighted by Gasteiger charge is 2.23. The van der Waals surface area contributed by atoms with Gasteiger partial charge in [0.25, 0.3) is 5.91 Å². The fourth-order valence-electron chi connectivity index (χ4n) is 3.05. The summed E-state index contributed by atoms with van der Waals surface area (Å²) in [4.78, 5) is 23.1. The highest BCUT2D eigenvalue weighted by Crippen LogP contribution is 2.24. The van der Waals surface area contributed by atoms with E-state index in [-0.39, 0.29) is 5.70 Å². The number of nitrogens with zero attached hydrogens (tertiary/aromatic N) is 1. The Bertz CT molecular complexity index is 1010. The van der Waals surface area contributed by atoms with Crippen LogP contribution >= 0.6 is 0 Å². The molecule has 0 bridgehead atoms. The number of carbonyl (C=O) groups excluding carboxylic acids is 2. The summed E-state index contributed by atoms with van der Waals surface area (Å²) in [5.74, 6) is -0.402. The number of aromatic nitrogens is 1. The molecule has 5 nitrogen and oxygen atoms in total. The van der Waals surface area contributed by atoms with Crippen molar-refractivity contribution in [3.63, 3.8) is 0 Å². The number of benzene rings is 2. The smallest absolute Gasteiger partial charge is 0.326 e. The summed E-state index contributed by atoms with van der Waals surface area (Å²) >= 11 is 0. The lowest BCUT2D eigenvalue weighted by molar-refractivity contribution is -0.115. The van der Waals surface area contributed by atoms with Crippen LogP contribution in [0.15, 0.2) is 60.4 Å². The highest BCUT2D eigenvalue weighted by atomic mass is 16.2. The fraction of sp³-hybridized carbons (Fsp3) is 0.100. The van der Waals surface area contributed by atoms with Gasteiger partial charge in [0.2, 0.25) is 0 Å². The zero-order valence-electron chi connectivity index (χ0n) is 13.7. The van der Waals surface area contributed by atoms with Crippen LogP contribution in [0.25, 0.3) is 17.0 Å². The minimum Gasteiger partial charge on any atom is -0.342 e. The molecule has 1 aliphatic rings. The average Bonchev–Trinajstić information content (AvgIpc) is 3.10. The van der Waals surface area contributed by atoms with Gasteiger partial charge >= 0.3 is 6.03 Å². The Balaban J connectivity index is 1.76. The molecule has 3 amide bonds. The number of aryl methyl sites for hydroxylation is 1. The van der Waals surface area contributed by atoms with Crippen LogP contribution in [0, 0.1) is 6.92 Å². The number of hydrogen-bond acceptors (Lipinski definition) is 2. The van der Waals surface area contributed by atoms with Crippen LogP contribution in [0.4, 0.5) is 4.79 Å². The number of para-hydroxylation sites is 1. The van der Waals surface area contributed by atoms with Crippen LogP contribution in [0.5, 0.6) is 0 Å². The second-order valence-corrected chi connectivity index (χ2v) is 6.18. The normalized spacial score (nSPS) is 15.6. The van der Waals surface area contributed by atoms with E-state index in [0.29, 0.717) is 0 Å². The van der Waals surface area contributed by atoms with Gasteiger partial charge in [0, 0.05) is 29.2 Å². The van der Waals surface area contributed by atoms with E-state index in [9.17, 15) is 9.59 Å². The number of imide groups is 1. The number of carbonyl (C=O) groups is 2. The summed E-state index contributed by atoms with van der Waals surface area (Å²) in [6.07, 6.45) is 3.73. The molecule has 0 unspecified atom stereocenters. The number of amides is 3. The molecule has 2 aromatic carbocycles. The van der Waals surface area contributed by atoms with Crippen LogP contribution in [0.2, 0.25) is 0 Å². The van der Waals surface area contributed by atoms with Gasteiger partial charge in [-0.25, -0.2) is 4.79 Å². The minimum atomic E-state index is -0.486. The molecule has 1 aromatic heterocycles. The maximum atomic E-state index is 11.8. The molecule has 4 rings (SSSR count). The first-order chi connectivity index (χ1) is 12.1. The molecule has 5 heteroatoms. The lowest BCUT2D eigenvalue weighted by atomic mass is 10.1. The second-order valence-electron chi connectivity index (χ2n) is 6.18. The van der Waals surface area contributed by atoms with E-state index >= 15 is 0 Å². The molecular formula is C20H17N3O2. The first kappa shape index (κ1) is 15.2. The Hall–Kier alpha value is -3.34. The summed E-state index contributed by atoms with van der Waals surface area (Å²) in [5, 5.41) is 5.80. The van der Waals surface area contributed by atoms with Crippen molar-refractivity contribution in [2.24, 2.45) is 0 Å². The number of rotatable bonds is 3. The van der Waals surface area contributed by atoms with E-state index in [0.717, 1.165) is 23.0 Å². The van der Waals surface area contributed by atoms with Crippen LogP contribution in [-0.4, -0.2) is 16.5 Å². The number of urea groups is 1. The third-order valence-electron chi connectivity index (χ3n) is 4.31. The predicted octanol–water partition coefficient (Wildman–Crippen LogP) is 3.18. The molecular weight excluding hydrogens is 314 g/mol. The first-order valence-electron chi connectivity index (χ1n) is 8.07. The fourth-order valence-corrected chi connectivity index (χ4v) is 3.05. The van der Waals surface area contributed by atoms with Gasteiger partial charge in [0.05, 0.1) is 0 Å². The Morgan fingerprint density at radius 3 is 2.48 bits per heavy atom. The van der Waals surface area contributed by atoms with E-state index in [1.54, 1.807) is 6.08 Å². The van der Waals surface area contributed by atoms with Crippen molar-refractivity contribution in [2.75, 3.05) is 0 Å². The SMILES string of the molecule is Cc1ccc(Cn2cc(/C=C3\NC(=O)NC3=O)c3ccccc32)cc1. The molecule has 1 fully saturated rings. The van der Waals surface area contributed by atoms with Gasteiger partial charge in [0.1, 0.15) is 5.70 Å². The van der Waals surface area contributed by atoms with Crippen molar-refractivity contribution < 1.29 is 9.59 Å². The molecule has 0 aliphatic carbocycles. The van der Waals surface area contributed by atoms with Crippen molar-refractivity contribution in [1.82, 2.24) is 15.2 Å². The number of fused-ring (bicyclic) bond motifs is 1. The van der Waals surface area contributed by atoms with Gasteiger partial charge in [-0.05, 0) is 24.6 Å². The Morgan fingerprint density at radius 1 is 1.00 bits per heavy atom. The Kier molecular flexibility index (Phi) is 3.61. The summed E-state index contributed by atoms with van der Waals surface area (Å²) in [6.45, 7) is 2.81. The second kappa shape index (κ2) is 5.94. The molecule has 1 saturated heterocycles. The topological polar surface area (TPSA) is 63.1 Å². The lowest BCUT2D eigenvalue weighted by Crippen LogP contribution is -2.22. The number of nitrogens with one attached hydrogen (secondary N) is 2. The highest BCUT2D eigenvalue weighted by molar-refractivity contribution is 6.14. The molecule has 25 heavy (non-hydrogen) atoms. The van der Waals surface area contributed by atoms with E-state index in [4.69, 9.17) is 0 Å². The van der Waals surface area contributed by atoms with Gasteiger partial charge < -0.3 is 9.88 Å². The molecule has 124 valence electrons. The van der Waals surface area contributed by atoms with Crippen molar-refractivity contribution in [3.05, 3.63) is 77.1 Å². The molecule has 0 saturated carbocycles. The monoisotopic (exact) mass is 331 g/mol. The predicted molar refractivity (Wildman–Crippen MR) is 96.9 cm³/mol. The standard InChI is InChI=1S/C20H17N3O2/c1-13-6-8-14(9-7-13)11-23-12-15(16-4-2-3-5-18(16)23)10-17-19(24)22-20(25)21-17/h2-10,12H,11H2,1H3,(H2,21,22,24,25)/b17-10-. The maximum absolute atomic E-state index is 11.8. The third kappa shape index (κ3) is 2.92. The largest absolute Gasteiger partial charge is 0.342 e. The first-order valence-corrected chi connectivity index (χ1v) is 8.07. The van der Waals surface area contributed by atoms with Gasteiger partial charge in [-0.3, -0.25) is 10.1 Å². The molecule has 2 N–H and O–H groups in total. The van der Waals surface area contributed by atoms with Crippen LogP contribution in [-0.2, 0) is 11.3 Å². The van der Waals surface area contributed by atoms with Crippen molar-refractivity contribution >= 4 is 28.9 Å². The van der Waals surface area contributed by atoms with Gasteiger partial charge in [-0.1, -0.05) is 48.0 Å². The van der Waals surface area contributed by atoms with Crippen LogP contribution in [0.1, 0.15) is 16.7 Å². The van der Waals surface area contributed by atoms with Gasteiger partial charge in [-0.15, -0.1) is 0 Å².